The highest BCUT2D eigenvalue weighted by Gasteiger charge is 2.23. The Morgan fingerprint density at radius 2 is 2.00 bits per heavy atom. The standard InChI is InChI=1S/C15H17NO5S/c1-11-7-8-13(21-11)10-16(2)22(18,19)14-6-4-5-12(9-14)15(17)20-3/h4-9H,10H2,1-3H3. The molecule has 22 heavy (non-hydrogen) atoms. The zero-order chi connectivity index (χ0) is 16.3. The van der Waals surface area contributed by atoms with Crippen molar-refractivity contribution >= 4 is 16.0 Å². The van der Waals surface area contributed by atoms with E-state index in [1.165, 1.54) is 42.7 Å². The molecule has 0 fully saturated rings. The number of aryl methyl sites for hydroxylation is 1. The molecule has 0 saturated carbocycles. The van der Waals surface area contributed by atoms with Gasteiger partial charge in [-0.3, -0.25) is 0 Å². The summed E-state index contributed by atoms with van der Waals surface area (Å²) in [6, 6.07) is 9.24. The van der Waals surface area contributed by atoms with E-state index < -0.39 is 16.0 Å². The van der Waals surface area contributed by atoms with Crippen LogP contribution < -0.4 is 0 Å². The SMILES string of the molecule is COC(=O)c1cccc(S(=O)(=O)N(C)Cc2ccc(C)o2)c1. The molecule has 2 rings (SSSR count). The lowest BCUT2D eigenvalue weighted by Crippen LogP contribution is -2.26. The Balaban J connectivity index is 2.27. The van der Waals surface area contributed by atoms with E-state index in [1.807, 2.05) is 0 Å². The first-order valence-electron chi connectivity index (χ1n) is 6.54. The topological polar surface area (TPSA) is 76.8 Å². The van der Waals surface area contributed by atoms with Gasteiger partial charge in [-0.2, -0.15) is 4.31 Å². The molecule has 1 heterocycles. The fourth-order valence-electron chi connectivity index (χ4n) is 1.96. The van der Waals surface area contributed by atoms with Crippen molar-refractivity contribution in [1.29, 1.82) is 0 Å². The molecule has 118 valence electrons. The second-order valence-corrected chi connectivity index (χ2v) is 6.84. The van der Waals surface area contributed by atoms with Gasteiger partial charge in [0.05, 0.1) is 24.1 Å². The summed E-state index contributed by atoms with van der Waals surface area (Å²) in [4.78, 5) is 11.5. The molecule has 0 saturated heterocycles. The monoisotopic (exact) mass is 323 g/mol. The summed E-state index contributed by atoms with van der Waals surface area (Å²) in [5.74, 6) is 0.683. The van der Waals surface area contributed by atoms with Crippen molar-refractivity contribution < 1.29 is 22.4 Å². The van der Waals surface area contributed by atoms with Crippen LogP contribution in [0.25, 0.3) is 0 Å². The van der Waals surface area contributed by atoms with Gasteiger partial charge < -0.3 is 9.15 Å². The molecular formula is C15H17NO5S. The van der Waals surface area contributed by atoms with Crippen molar-refractivity contribution in [2.75, 3.05) is 14.2 Å². The maximum atomic E-state index is 12.5. The quantitative estimate of drug-likeness (QED) is 0.788. The van der Waals surface area contributed by atoms with Gasteiger partial charge in [-0.15, -0.1) is 0 Å². The van der Waals surface area contributed by atoms with Gasteiger partial charge in [0.15, 0.2) is 0 Å². The van der Waals surface area contributed by atoms with Gasteiger partial charge in [0, 0.05) is 7.05 Å². The number of hydrogen-bond donors (Lipinski definition) is 0. The molecule has 0 unspecified atom stereocenters. The van der Waals surface area contributed by atoms with E-state index in [1.54, 1.807) is 19.1 Å². The number of ether oxygens (including phenoxy) is 1. The first-order chi connectivity index (χ1) is 10.3. The van der Waals surface area contributed by atoms with Crippen molar-refractivity contribution in [2.45, 2.75) is 18.4 Å². The number of methoxy groups -OCH3 is 1. The van der Waals surface area contributed by atoms with Crippen molar-refractivity contribution in [2.24, 2.45) is 0 Å². The predicted molar refractivity (Wildman–Crippen MR) is 79.9 cm³/mol. The van der Waals surface area contributed by atoms with E-state index >= 15 is 0 Å². The zero-order valence-electron chi connectivity index (χ0n) is 12.6. The Bertz CT molecular complexity index is 779. The van der Waals surface area contributed by atoms with Crippen LogP contribution in [-0.2, 0) is 21.3 Å². The third-order valence-electron chi connectivity index (χ3n) is 3.14. The molecule has 0 aliphatic rings. The number of sulfonamides is 1. The molecule has 6 nitrogen and oxygen atoms in total. The summed E-state index contributed by atoms with van der Waals surface area (Å²) in [5.41, 5.74) is 0.186. The molecule has 0 bridgehead atoms. The van der Waals surface area contributed by atoms with Crippen LogP contribution in [0.4, 0.5) is 0 Å². The van der Waals surface area contributed by atoms with Gasteiger partial charge in [-0.25, -0.2) is 13.2 Å². The summed E-state index contributed by atoms with van der Waals surface area (Å²) < 4.78 is 36.2. The van der Waals surface area contributed by atoms with Gasteiger partial charge >= 0.3 is 5.97 Å². The van der Waals surface area contributed by atoms with Crippen molar-refractivity contribution in [3.8, 4) is 0 Å². The van der Waals surface area contributed by atoms with E-state index in [2.05, 4.69) is 4.74 Å². The average Bonchev–Trinajstić information content (AvgIpc) is 2.91. The molecule has 0 radical (unpaired) electrons. The van der Waals surface area contributed by atoms with Crippen LogP contribution in [-0.4, -0.2) is 32.8 Å². The van der Waals surface area contributed by atoms with Crippen LogP contribution in [0.5, 0.6) is 0 Å². The first-order valence-corrected chi connectivity index (χ1v) is 7.98. The molecule has 1 aromatic carbocycles. The van der Waals surface area contributed by atoms with E-state index in [4.69, 9.17) is 4.42 Å². The summed E-state index contributed by atoms with van der Waals surface area (Å²) in [5, 5.41) is 0. The Morgan fingerprint density at radius 3 is 2.59 bits per heavy atom. The van der Waals surface area contributed by atoms with Crippen LogP contribution in [0, 0.1) is 6.92 Å². The minimum Gasteiger partial charge on any atom is -0.465 e. The van der Waals surface area contributed by atoms with Gasteiger partial charge in [0.1, 0.15) is 11.5 Å². The van der Waals surface area contributed by atoms with Crippen LogP contribution in [0.1, 0.15) is 21.9 Å². The van der Waals surface area contributed by atoms with Crippen LogP contribution in [0.2, 0.25) is 0 Å². The highest BCUT2D eigenvalue weighted by Crippen LogP contribution is 2.19. The number of hydrogen-bond acceptors (Lipinski definition) is 5. The Kier molecular flexibility index (Phi) is 4.68. The second-order valence-electron chi connectivity index (χ2n) is 4.79. The van der Waals surface area contributed by atoms with Crippen molar-refractivity contribution in [1.82, 2.24) is 4.31 Å². The van der Waals surface area contributed by atoms with Crippen LogP contribution in [0.3, 0.4) is 0 Å². The molecule has 1 aromatic heterocycles. The minimum absolute atomic E-state index is 0.0289. The number of carbonyl (C=O) groups is 1. The molecular weight excluding hydrogens is 306 g/mol. The lowest BCUT2D eigenvalue weighted by atomic mass is 10.2. The van der Waals surface area contributed by atoms with E-state index in [0.29, 0.717) is 11.5 Å². The normalized spacial score (nSPS) is 11.6. The first kappa shape index (κ1) is 16.3. The molecule has 0 atom stereocenters. The zero-order valence-corrected chi connectivity index (χ0v) is 13.4. The third-order valence-corrected chi connectivity index (χ3v) is 4.94. The summed E-state index contributed by atoms with van der Waals surface area (Å²) in [7, 11) is -1.03. The van der Waals surface area contributed by atoms with Gasteiger partial charge in [-0.1, -0.05) is 6.07 Å². The summed E-state index contributed by atoms with van der Waals surface area (Å²) >= 11 is 0. The number of nitrogens with zero attached hydrogens (tertiary/aromatic N) is 1. The molecule has 0 N–H and O–H groups in total. The number of esters is 1. The highest BCUT2D eigenvalue weighted by atomic mass is 32.2. The molecule has 0 amide bonds. The highest BCUT2D eigenvalue weighted by molar-refractivity contribution is 7.89. The van der Waals surface area contributed by atoms with Crippen molar-refractivity contribution in [3.05, 3.63) is 53.5 Å². The molecule has 0 aliphatic carbocycles. The molecule has 2 aromatic rings. The van der Waals surface area contributed by atoms with E-state index in [-0.39, 0.29) is 17.0 Å². The largest absolute Gasteiger partial charge is 0.465 e. The Labute approximate surface area is 129 Å². The smallest absolute Gasteiger partial charge is 0.337 e. The Hall–Kier alpha value is -2.12. The lowest BCUT2D eigenvalue weighted by molar-refractivity contribution is 0.0600. The summed E-state index contributed by atoms with van der Waals surface area (Å²) in [6.07, 6.45) is 0. The lowest BCUT2D eigenvalue weighted by Gasteiger charge is -2.16. The fraction of sp³-hybridized carbons (Fsp3) is 0.267. The maximum Gasteiger partial charge on any atom is 0.337 e. The average molecular weight is 323 g/mol. The predicted octanol–water partition coefficient (Wildman–Crippen LogP) is 2.20. The number of furan rings is 1. The minimum atomic E-state index is -3.73. The second kappa shape index (κ2) is 6.33. The number of carbonyl (C=O) groups excluding carboxylic acids is 1. The van der Waals surface area contributed by atoms with E-state index in [0.717, 1.165) is 0 Å². The fourth-order valence-corrected chi connectivity index (χ4v) is 3.14. The van der Waals surface area contributed by atoms with E-state index in [9.17, 15) is 13.2 Å². The maximum absolute atomic E-state index is 12.5. The third kappa shape index (κ3) is 3.37. The molecule has 0 spiro atoms. The van der Waals surface area contributed by atoms with Crippen LogP contribution in [0.15, 0.2) is 45.7 Å². The van der Waals surface area contributed by atoms with Gasteiger partial charge in [0.25, 0.3) is 0 Å². The number of benzene rings is 1. The number of rotatable bonds is 5. The molecule has 0 aliphatic heterocycles. The summed E-state index contributed by atoms with van der Waals surface area (Å²) in [6.45, 7) is 1.90. The van der Waals surface area contributed by atoms with Gasteiger partial charge in [-0.05, 0) is 37.3 Å². The molecule has 7 heteroatoms. The van der Waals surface area contributed by atoms with Crippen molar-refractivity contribution in [3.63, 3.8) is 0 Å². The van der Waals surface area contributed by atoms with Gasteiger partial charge in [0.2, 0.25) is 10.0 Å². The Morgan fingerprint density at radius 1 is 1.27 bits per heavy atom. The van der Waals surface area contributed by atoms with Crippen LogP contribution >= 0.6 is 0 Å².